The molecule has 1 aliphatic rings. The normalized spacial score (nSPS) is 16.1. The molecule has 0 aliphatic carbocycles. The van der Waals surface area contributed by atoms with E-state index in [0.717, 1.165) is 30.2 Å². The van der Waals surface area contributed by atoms with Gasteiger partial charge in [0.05, 0.1) is 5.69 Å². The minimum absolute atomic E-state index is 1.02. The molecule has 14 heavy (non-hydrogen) atoms. The van der Waals surface area contributed by atoms with E-state index in [9.17, 15) is 0 Å². The largest absolute Gasteiger partial charge is 0.311 e. The number of aryl methyl sites for hydroxylation is 2. The van der Waals surface area contributed by atoms with Crippen LogP contribution >= 0.6 is 11.3 Å². The van der Waals surface area contributed by atoms with Crippen LogP contribution in [0.25, 0.3) is 4.96 Å². The summed E-state index contributed by atoms with van der Waals surface area (Å²) in [6.45, 7) is 6.35. The molecule has 0 unspecified atom stereocenters. The first-order valence-electron chi connectivity index (χ1n) is 4.94. The molecule has 74 valence electrons. The molecule has 3 rings (SSSR count). The molecule has 0 aromatic carbocycles. The Balaban J connectivity index is 2.36. The Morgan fingerprint density at radius 3 is 3.14 bits per heavy atom. The van der Waals surface area contributed by atoms with Crippen molar-refractivity contribution in [3.63, 3.8) is 0 Å². The average molecular weight is 207 g/mol. The van der Waals surface area contributed by atoms with Gasteiger partial charge >= 0.3 is 0 Å². The van der Waals surface area contributed by atoms with E-state index in [2.05, 4.69) is 28.5 Å². The Morgan fingerprint density at radius 2 is 2.29 bits per heavy atom. The second-order valence-electron chi connectivity index (χ2n) is 3.80. The summed E-state index contributed by atoms with van der Waals surface area (Å²) in [7, 11) is 0. The van der Waals surface area contributed by atoms with Gasteiger partial charge in [0.2, 0.25) is 0 Å². The van der Waals surface area contributed by atoms with Gasteiger partial charge in [0.1, 0.15) is 0 Å². The zero-order valence-corrected chi connectivity index (χ0v) is 9.24. The molecule has 0 spiro atoms. The number of rotatable bonds is 0. The molecule has 0 amide bonds. The predicted octanol–water partition coefficient (Wildman–Crippen LogP) is 1.66. The van der Waals surface area contributed by atoms with Crippen molar-refractivity contribution in [3.05, 3.63) is 22.0 Å². The van der Waals surface area contributed by atoms with Crippen LogP contribution in [0.4, 0.5) is 0 Å². The van der Waals surface area contributed by atoms with Crippen molar-refractivity contribution in [3.8, 4) is 0 Å². The van der Waals surface area contributed by atoms with E-state index < -0.39 is 0 Å². The van der Waals surface area contributed by atoms with Gasteiger partial charge in [-0.3, -0.25) is 4.40 Å². The lowest BCUT2D eigenvalue weighted by atomic mass is 10.2. The van der Waals surface area contributed by atoms with Gasteiger partial charge in [-0.05, 0) is 13.8 Å². The fourth-order valence-corrected chi connectivity index (χ4v) is 3.28. The first-order chi connectivity index (χ1) is 6.77. The topological polar surface area (TPSA) is 29.3 Å². The third kappa shape index (κ3) is 0.980. The van der Waals surface area contributed by atoms with Crippen LogP contribution < -0.4 is 5.32 Å². The van der Waals surface area contributed by atoms with E-state index in [1.54, 1.807) is 0 Å². The van der Waals surface area contributed by atoms with Crippen molar-refractivity contribution in [1.29, 1.82) is 0 Å². The van der Waals surface area contributed by atoms with Crippen LogP contribution in [-0.2, 0) is 13.0 Å². The summed E-state index contributed by atoms with van der Waals surface area (Å²) in [5.41, 5.74) is 3.94. The van der Waals surface area contributed by atoms with Gasteiger partial charge in [0.15, 0.2) is 4.96 Å². The van der Waals surface area contributed by atoms with Crippen LogP contribution in [0.2, 0.25) is 0 Å². The van der Waals surface area contributed by atoms with Crippen molar-refractivity contribution in [1.82, 2.24) is 14.7 Å². The van der Waals surface area contributed by atoms with Crippen molar-refractivity contribution in [2.24, 2.45) is 0 Å². The van der Waals surface area contributed by atoms with E-state index in [1.165, 1.54) is 16.3 Å². The Hall–Kier alpha value is -0.870. The molecule has 0 atom stereocenters. The lowest BCUT2D eigenvalue weighted by Crippen LogP contribution is -2.23. The van der Waals surface area contributed by atoms with E-state index in [-0.39, 0.29) is 0 Å². The van der Waals surface area contributed by atoms with Crippen molar-refractivity contribution >= 4 is 16.3 Å². The highest BCUT2D eigenvalue weighted by atomic mass is 32.1. The number of thiazole rings is 1. The first kappa shape index (κ1) is 8.44. The summed E-state index contributed by atoms with van der Waals surface area (Å²) >= 11 is 1.82. The molecule has 3 nitrogen and oxygen atoms in total. The second-order valence-corrected chi connectivity index (χ2v) is 4.86. The Kier molecular flexibility index (Phi) is 1.69. The molecule has 2 aromatic rings. The molecule has 1 N–H and O–H groups in total. The molecular formula is C10H13N3S. The highest BCUT2D eigenvalue weighted by molar-refractivity contribution is 7.17. The summed E-state index contributed by atoms with van der Waals surface area (Å²) in [6.07, 6.45) is 1.13. The molecule has 2 aromatic heterocycles. The van der Waals surface area contributed by atoms with Gasteiger partial charge in [-0.2, -0.15) is 0 Å². The molecule has 0 saturated heterocycles. The zero-order valence-electron chi connectivity index (χ0n) is 8.42. The van der Waals surface area contributed by atoms with Crippen molar-refractivity contribution in [2.45, 2.75) is 26.8 Å². The van der Waals surface area contributed by atoms with Gasteiger partial charge in [-0.1, -0.05) is 11.3 Å². The number of fused-ring (bicyclic) bond motifs is 3. The van der Waals surface area contributed by atoms with Gasteiger partial charge in [0.25, 0.3) is 0 Å². The monoisotopic (exact) mass is 207 g/mol. The summed E-state index contributed by atoms with van der Waals surface area (Å²) in [5.74, 6) is 0. The smallest absolute Gasteiger partial charge is 0.194 e. The molecule has 4 heteroatoms. The van der Waals surface area contributed by atoms with Gasteiger partial charge < -0.3 is 5.32 Å². The van der Waals surface area contributed by atoms with Gasteiger partial charge in [-0.25, -0.2) is 4.98 Å². The van der Waals surface area contributed by atoms with Crippen LogP contribution in [-0.4, -0.2) is 15.9 Å². The third-order valence-electron chi connectivity index (χ3n) is 2.94. The standard InChI is InChI=1S/C10H13N3S/c1-6-7(2)13-8-3-4-11-5-9(8)14-10(13)12-6/h11H,3-5H2,1-2H3. The van der Waals surface area contributed by atoms with Crippen molar-refractivity contribution < 1.29 is 0 Å². The molecule has 0 saturated carbocycles. The van der Waals surface area contributed by atoms with E-state index in [1.807, 2.05) is 11.3 Å². The van der Waals surface area contributed by atoms with Crippen molar-refractivity contribution in [2.75, 3.05) is 6.54 Å². The number of nitrogens with one attached hydrogen (secondary N) is 1. The fraction of sp³-hybridized carbons (Fsp3) is 0.500. The van der Waals surface area contributed by atoms with Crippen LogP contribution in [0.5, 0.6) is 0 Å². The molecule has 0 fully saturated rings. The van der Waals surface area contributed by atoms with Crippen LogP contribution in [0.1, 0.15) is 22.0 Å². The van der Waals surface area contributed by atoms with E-state index in [0.29, 0.717) is 0 Å². The number of hydrogen-bond donors (Lipinski definition) is 1. The van der Waals surface area contributed by atoms with Crippen LogP contribution in [0.3, 0.4) is 0 Å². The Bertz CT molecular complexity index is 495. The van der Waals surface area contributed by atoms with Crippen LogP contribution in [0.15, 0.2) is 0 Å². The first-order valence-corrected chi connectivity index (χ1v) is 5.76. The van der Waals surface area contributed by atoms with E-state index in [4.69, 9.17) is 0 Å². The molecule has 0 radical (unpaired) electrons. The second kappa shape index (κ2) is 2.81. The summed E-state index contributed by atoms with van der Waals surface area (Å²) in [4.78, 5) is 7.19. The number of imidazole rings is 1. The van der Waals surface area contributed by atoms with Gasteiger partial charge in [-0.15, -0.1) is 0 Å². The molecular weight excluding hydrogens is 194 g/mol. The predicted molar refractivity (Wildman–Crippen MR) is 58.0 cm³/mol. The minimum atomic E-state index is 1.02. The third-order valence-corrected chi connectivity index (χ3v) is 4.03. The SMILES string of the molecule is Cc1nc2sc3c(n2c1C)CCNC3. The Labute approximate surface area is 86.8 Å². The number of nitrogens with zero attached hydrogens (tertiary/aromatic N) is 2. The lowest BCUT2D eigenvalue weighted by Gasteiger charge is -2.12. The zero-order chi connectivity index (χ0) is 9.71. The minimum Gasteiger partial charge on any atom is -0.311 e. The molecule has 3 heterocycles. The summed E-state index contributed by atoms with van der Waals surface area (Å²) < 4.78 is 2.33. The summed E-state index contributed by atoms with van der Waals surface area (Å²) in [5, 5.41) is 3.40. The summed E-state index contributed by atoms with van der Waals surface area (Å²) in [6, 6.07) is 0. The average Bonchev–Trinajstić information content (AvgIpc) is 2.65. The van der Waals surface area contributed by atoms with Crippen LogP contribution in [0, 0.1) is 13.8 Å². The maximum absolute atomic E-state index is 4.57. The highest BCUT2D eigenvalue weighted by Gasteiger charge is 2.18. The maximum Gasteiger partial charge on any atom is 0.194 e. The Morgan fingerprint density at radius 1 is 1.43 bits per heavy atom. The molecule has 1 aliphatic heterocycles. The number of hydrogen-bond acceptors (Lipinski definition) is 3. The quantitative estimate of drug-likeness (QED) is 0.712. The number of aromatic nitrogens is 2. The maximum atomic E-state index is 4.57. The highest BCUT2D eigenvalue weighted by Crippen LogP contribution is 2.27. The molecule has 0 bridgehead atoms. The fourth-order valence-electron chi connectivity index (χ4n) is 2.06. The lowest BCUT2D eigenvalue weighted by molar-refractivity contribution is 0.636. The van der Waals surface area contributed by atoms with Gasteiger partial charge in [0, 0.05) is 35.8 Å². The van der Waals surface area contributed by atoms with E-state index >= 15 is 0 Å².